The number of ether oxygens (including phenoxy) is 2. The number of nitrogens with one attached hydrogen (secondary N) is 1. The van der Waals surface area contributed by atoms with Crippen LogP contribution in [0.1, 0.15) is 34.6 Å². The summed E-state index contributed by atoms with van der Waals surface area (Å²) in [5.74, 6) is 0.934. The molecule has 0 aliphatic carbocycles. The van der Waals surface area contributed by atoms with Gasteiger partial charge in [-0.3, -0.25) is 14.3 Å². The molecule has 168 valence electrons. The molecule has 0 aliphatic heterocycles. The Kier molecular flexibility index (Phi) is 8.81. The van der Waals surface area contributed by atoms with Crippen LogP contribution in [0.4, 0.5) is 5.82 Å². The van der Waals surface area contributed by atoms with Gasteiger partial charge in [-0.25, -0.2) is 0 Å². The summed E-state index contributed by atoms with van der Waals surface area (Å²) in [7, 11) is 1.62. The van der Waals surface area contributed by atoms with E-state index >= 15 is 0 Å². The number of anilines is 1. The molecule has 1 aromatic carbocycles. The normalized spacial score (nSPS) is 10.7. The number of methoxy groups -OCH3 is 1. The molecule has 32 heavy (non-hydrogen) atoms. The third-order valence-corrected chi connectivity index (χ3v) is 4.55. The maximum atomic E-state index is 12.3. The van der Waals surface area contributed by atoms with Gasteiger partial charge >= 0.3 is 0 Å². The molecule has 0 aliphatic rings. The largest absolute Gasteiger partial charge is 0.491 e. The number of hydrogen-bond acceptors (Lipinski definition) is 8. The Morgan fingerprint density at radius 2 is 2.03 bits per heavy atom. The molecule has 2 aromatic heterocycles. The molecule has 0 bridgehead atoms. The quantitative estimate of drug-likeness (QED) is 0.318. The number of hydrogen-bond donors (Lipinski definition) is 1. The van der Waals surface area contributed by atoms with Crippen molar-refractivity contribution in [2.75, 3.05) is 25.6 Å². The van der Waals surface area contributed by atoms with Crippen molar-refractivity contribution in [2.24, 2.45) is 0 Å². The van der Waals surface area contributed by atoms with E-state index in [-0.39, 0.29) is 12.3 Å². The van der Waals surface area contributed by atoms with Gasteiger partial charge in [-0.1, -0.05) is 17.3 Å². The minimum absolute atomic E-state index is 0.177. The van der Waals surface area contributed by atoms with Gasteiger partial charge in [0.2, 0.25) is 5.91 Å². The van der Waals surface area contributed by atoms with Crippen molar-refractivity contribution in [3.05, 3.63) is 59.5 Å². The Bertz CT molecular complexity index is 1010. The predicted molar refractivity (Wildman–Crippen MR) is 117 cm³/mol. The number of aldehydes is 1. The summed E-state index contributed by atoms with van der Waals surface area (Å²) in [6, 6.07) is 11.0. The first-order valence-electron chi connectivity index (χ1n) is 10.3. The molecule has 3 rings (SSSR count). The topological polar surface area (TPSA) is 121 Å². The number of benzene rings is 1. The van der Waals surface area contributed by atoms with Crippen LogP contribution in [0, 0.1) is 0 Å². The second-order valence-electron chi connectivity index (χ2n) is 7.10. The van der Waals surface area contributed by atoms with Crippen molar-refractivity contribution in [2.45, 2.75) is 32.2 Å². The van der Waals surface area contributed by atoms with Crippen molar-refractivity contribution < 1.29 is 19.1 Å². The molecule has 0 unspecified atom stereocenters. The fourth-order valence-electron chi connectivity index (χ4n) is 2.98. The highest BCUT2D eigenvalue weighted by molar-refractivity contribution is 5.91. The fourth-order valence-corrected chi connectivity index (χ4v) is 2.98. The maximum absolute atomic E-state index is 12.3. The summed E-state index contributed by atoms with van der Waals surface area (Å²) in [6.07, 6.45) is 5.02. The van der Waals surface area contributed by atoms with Crippen molar-refractivity contribution in [1.82, 2.24) is 25.2 Å². The summed E-state index contributed by atoms with van der Waals surface area (Å²) in [5, 5.41) is 18.6. The van der Waals surface area contributed by atoms with Gasteiger partial charge < -0.3 is 14.8 Å². The molecular weight excluding hydrogens is 412 g/mol. The van der Waals surface area contributed by atoms with Gasteiger partial charge in [0.15, 0.2) is 12.1 Å². The van der Waals surface area contributed by atoms with Gasteiger partial charge in [-0.2, -0.15) is 5.10 Å². The van der Waals surface area contributed by atoms with Crippen LogP contribution in [-0.2, 0) is 28.9 Å². The number of unbranched alkanes of at least 4 members (excludes halogenated alkanes) is 1. The molecule has 2 heterocycles. The number of carbonyl (C=O) groups excluding carboxylic acids is 2. The molecule has 10 heteroatoms. The summed E-state index contributed by atoms with van der Waals surface area (Å²) in [4.78, 5) is 22.9. The number of aromatic nitrogens is 5. The monoisotopic (exact) mass is 438 g/mol. The van der Waals surface area contributed by atoms with Gasteiger partial charge in [-0.15, -0.1) is 10.2 Å². The van der Waals surface area contributed by atoms with Gasteiger partial charge in [0.05, 0.1) is 24.9 Å². The molecular formula is C22H26N6O4. The second kappa shape index (κ2) is 12.3. The van der Waals surface area contributed by atoms with Crippen LogP contribution in [0.5, 0.6) is 5.75 Å². The number of carbonyl (C=O) groups is 2. The van der Waals surface area contributed by atoms with Crippen molar-refractivity contribution >= 4 is 18.0 Å². The smallest absolute Gasteiger partial charge is 0.229 e. The van der Waals surface area contributed by atoms with Crippen LogP contribution in [-0.4, -0.2) is 57.7 Å². The second-order valence-corrected chi connectivity index (χ2v) is 7.10. The standard InChI is InChI=1S/C22H26N6O4/c1-31-11-12-32-20-7-4-5-17(13-20)14-22(30)23-21-9-8-18(24-26-21)6-2-3-10-28-15-19(16-29)25-27-28/h4-5,7-9,13,15-16H,2-3,6,10-12,14H2,1H3,(H,23,26,30). The van der Waals surface area contributed by atoms with Crippen LogP contribution in [0.2, 0.25) is 0 Å². The lowest BCUT2D eigenvalue weighted by Gasteiger charge is -2.08. The minimum Gasteiger partial charge on any atom is -0.491 e. The van der Waals surface area contributed by atoms with Crippen LogP contribution < -0.4 is 10.1 Å². The highest BCUT2D eigenvalue weighted by atomic mass is 16.5. The van der Waals surface area contributed by atoms with Crippen molar-refractivity contribution in [3.63, 3.8) is 0 Å². The molecule has 0 radical (unpaired) electrons. The van der Waals surface area contributed by atoms with E-state index in [1.54, 1.807) is 24.1 Å². The average molecular weight is 438 g/mol. The Morgan fingerprint density at radius 3 is 2.78 bits per heavy atom. The van der Waals surface area contributed by atoms with Crippen LogP contribution in [0.25, 0.3) is 0 Å². The number of nitrogens with zero attached hydrogens (tertiary/aromatic N) is 5. The molecule has 0 saturated heterocycles. The summed E-state index contributed by atoms with van der Waals surface area (Å²) < 4.78 is 12.2. The third-order valence-electron chi connectivity index (χ3n) is 4.55. The van der Waals surface area contributed by atoms with E-state index in [1.807, 2.05) is 30.3 Å². The Hall–Kier alpha value is -3.66. The van der Waals surface area contributed by atoms with E-state index in [0.717, 1.165) is 30.5 Å². The van der Waals surface area contributed by atoms with Crippen molar-refractivity contribution in [3.8, 4) is 5.75 Å². The van der Waals surface area contributed by atoms with Gasteiger partial charge in [0.1, 0.15) is 18.1 Å². The third kappa shape index (κ3) is 7.55. The fraction of sp³-hybridized carbons (Fsp3) is 0.364. The first-order valence-corrected chi connectivity index (χ1v) is 10.3. The average Bonchev–Trinajstić information content (AvgIpc) is 3.26. The molecule has 3 aromatic rings. The van der Waals surface area contributed by atoms with E-state index < -0.39 is 0 Å². The van der Waals surface area contributed by atoms with Crippen LogP contribution >= 0.6 is 0 Å². The van der Waals surface area contributed by atoms with Crippen LogP contribution in [0.15, 0.2) is 42.6 Å². The zero-order valence-corrected chi connectivity index (χ0v) is 17.9. The summed E-state index contributed by atoms with van der Waals surface area (Å²) in [5.41, 5.74) is 2.02. The maximum Gasteiger partial charge on any atom is 0.229 e. The number of aryl methyl sites for hydroxylation is 2. The lowest BCUT2D eigenvalue weighted by Crippen LogP contribution is -2.16. The number of rotatable bonds is 13. The molecule has 0 saturated carbocycles. The van der Waals surface area contributed by atoms with Crippen LogP contribution in [0.3, 0.4) is 0 Å². The van der Waals surface area contributed by atoms with Crippen molar-refractivity contribution in [1.29, 1.82) is 0 Å². The minimum atomic E-state index is -0.177. The first kappa shape index (κ1) is 23.0. The van der Waals surface area contributed by atoms with E-state index in [0.29, 0.717) is 43.3 Å². The zero-order valence-electron chi connectivity index (χ0n) is 17.9. The lowest BCUT2D eigenvalue weighted by atomic mass is 10.1. The molecule has 0 atom stereocenters. The molecule has 1 N–H and O–H groups in total. The Labute approximate surface area is 185 Å². The zero-order chi connectivity index (χ0) is 22.6. The van der Waals surface area contributed by atoms with Gasteiger partial charge in [0.25, 0.3) is 0 Å². The van der Waals surface area contributed by atoms with E-state index in [9.17, 15) is 9.59 Å². The Balaban J connectivity index is 1.40. The lowest BCUT2D eigenvalue weighted by molar-refractivity contribution is -0.115. The molecule has 10 nitrogen and oxygen atoms in total. The highest BCUT2D eigenvalue weighted by Gasteiger charge is 2.07. The van der Waals surface area contributed by atoms with E-state index in [1.165, 1.54) is 0 Å². The summed E-state index contributed by atoms with van der Waals surface area (Å²) >= 11 is 0. The molecule has 0 spiro atoms. The SMILES string of the molecule is COCCOc1cccc(CC(=O)Nc2ccc(CCCCn3cc(C=O)nn3)nn2)c1. The molecule has 0 fully saturated rings. The highest BCUT2D eigenvalue weighted by Crippen LogP contribution is 2.14. The van der Waals surface area contributed by atoms with Gasteiger partial charge in [0, 0.05) is 13.7 Å². The van der Waals surface area contributed by atoms with E-state index in [4.69, 9.17) is 9.47 Å². The predicted octanol–water partition coefficient (Wildman–Crippen LogP) is 2.11. The molecule has 1 amide bonds. The van der Waals surface area contributed by atoms with Gasteiger partial charge in [-0.05, 0) is 49.1 Å². The Morgan fingerprint density at radius 1 is 1.12 bits per heavy atom. The van der Waals surface area contributed by atoms with E-state index in [2.05, 4.69) is 25.8 Å². The summed E-state index contributed by atoms with van der Waals surface area (Å²) in [6.45, 7) is 1.64. The number of amides is 1. The first-order chi connectivity index (χ1) is 15.7.